The summed E-state index contributed by atoms with van der Waals surface area (Å²) in [5, 5.41) is 22.3. The largest absolute Gasteiger partial charge is 0.508 e. The van der Waals surface area contributed by atoms with Crippen LogP contribution in [-0.4, -0.2) is 32.5 Å². The number of phenols is 1. The monoisotopic (exact) mass is 339 g/mol. The molecule has 0 spiro atoms. The molecule has 3 aromatic rings. The molecule has 4 rings (SSSR count). The molecule has 6 nitrogen and oxygen atoms in total. The van der Waals surface area contributed by atoms with E-state index in [4.69, 9.17) is 9.72 Å². The van der Waals surface area contributed by atoms with Crippen LogP contribution < -0.4 is 5.32 Å². The molecule has 0 saturated carbocycles. The van der Waals surface area contributed by atoms with E-state index < -0.39 is 0 Å². The molecule has 0 radical (unpaired) electrons. The van der Waals surface area contributed by atoms with Crippen LogP contribution in [0.5, 0.6) is 5.75 Å². The summed E-state index contributed by atoms with van der Waals surface area (Å²) in [5.74, 6) is 0.978. The quantitative estimate of drug-likeness (QED) is 0.666. The van der Waals surface area contributed by atoms with Crippen LogP contribution in [-0.2, 0) is 11.3 Å². The highest BCUT2D eigenvalue weighted by Crippen LogP contribution is 2.34. The zero-order chi connectivity index (χ0) is 17.2. The maximum Gasteiger partial charge on any atom is 0.206 e. The van der Waals surface area contributed by atoms with Crippen LogP contribution in [0, 0.1) is 0 Å². The topological polar surface area (TPSA) is 79.5 Å². The molecule has 0 bridgehead atoms. The van der Waals surface area contributed by atoms with Crippen molar-refractivity contribution in [3.63, 3.8) is 0 Å². The van der Waals surface area contributed by atoms with Gasteiger partial charge in [-0.3, -0.25) is 4.57 Å². The first-order chi connectivity index (χ1) is 12.2. The molecule has 1 aromatic heterocycles. The number of hydrogen-bond acceptors (Lipinski definition) is 5. The van der Waals surface area contributed by atoms with Gasteiger partial charge in [0.05, 0.1) is 23.7 Å². The summed E-state index contributed by atoms with van der Waals surface area (Å²) in [5.41, 5.74) is 2.88. The molecule has 1 saturated heterocycles. The number of fused-ring (bicyclic) bond motifs is 1. The second-order valence-electron chi connectivity index (χ2n) is 6.29. The van der Waals surface area contributed by atoms with Gasteiger partial charge in [0, 0.05) is 6.54 Å². The highest BCUT2D eigenvalue weighted by Gasteiger charge is 2.29. The van der Waals surface area contributed by atoms with Crippen LogP contribution in [0.3, 0.4) is 0 Å². The number of ether oxygens (including phenoxy) is 1. The molecule has 2 atom stereocenters. The number of para-hydroxylation sites is 2. The fourth-order valence-electron chi connectivity index (χ4n) is 3.32. The van der Waals surface area contributed by atoms with Gasteiger partial charge in [0.2, 0.25) is 5.95 Å². The molecule has 1 aliphatic rings. The second kappa shape index (κ2) is 6.74. The summed E-state index contributed by atoms with van der Waals surface area (Å²) in [6.45, 7) is 0.586. The molecule has 0 unspecified atom stereocenters. The number of aliphatic hydroxyl groups is 1. The van der Waals surface area contributed by atoms with Crippen molar-refractivity contribution in [2.45, 2.75) is 31.7 Å². The molecule has 0 amide bonds. The first kappa shape index (κ1) is 15.9. The third kappa shape index (κ3) is 3.18. The van der Waals surface area contributed by atoms with Gasteiger partial charge in [-0.1, -0.05) is 24.3 Å². The normalized spacial score (nSPS) is 20.2. The van der Waals surface area contributed by atoms with Gasteiger partial charge < -0.3 is 20.3 Å². The SMILES string of the molecule is OC[C@@H]1CC[C@H](n2c(NCc3cccc(O)c3)nc3ccccc32)O1. The van der Waals surface area contributed by atoms with Crippen molar-refractivity contribution in [2.75, 3.05) is 11.9 Å². The molecule has 2 aromatic carbocycles. The van der Waals surface area contributed by atoms with Crippen molar-refractivity contribution in [1.29, 1.82) is 0 Å². The van der Waals surface area contributed by atoms with Crippen molar-refractivity contribution < 1.29 is 14.9 Å². The molecule has 6 heteroatoms. The number of aliphatic hydroxyl groups excluding tert-OH is 1. The molecular weight excluding hydrogens is 318 g/mol. The van der Waals surface area contributed by atoms with E-state index in [1.54, 1.807) is 12.1 Å². The number of hydrogen-bond donors (Lipinski definition) is 3. The predicted molar refractivity (Wildman–Crippen MR) is 95.4 cm³/mol. The number of rotatable bonds is 5. The number of nitrogens with one attached hydrogen (secondary N) is 1. The van der Waals surface area contributed by atoms with E-state index in [1.807, 2.05) is 36.4 Å². The Morgan fingerprint density at radius 2 is 2.04 bits per heavy atom. The lowest BCUT2D eigenvalue weighted by atomic mass is 10.2. The third-order valence-electron chi connectivity index (χ3n) is 4.53. The van der Waals surface area contributed by atoms with Gasteiger partial charge in [-0.05, 0) is 42.7 Å². The lowest BCUT2D eigenvalue weighted by Crippen LogP contribution is -2.16. The highest BCUT2D eigenvalue weighted by molar-refractivity contribution is 5.78. The van der Waals surface area contributed by atoms with E-state index in [0.29, 0.717) is 6.54 Å². The Hall–Kier alpha value is -2.57. The number of aromatic hydroxyl groups is 1. The van der Waals surface area contributed by atoms with Gasteiger partial charge in [0.15, 0.2) is 0 Å². The zero-order valence-electron chi connectivity index (χ0n) is 13.8. The summed E-state index contributed by atoms with van der Waals surface area (Å²) < 4.78 is 8.03. The van der Waals surface area contributed by atoms with Crippen molar-refractivity contribution in [1.82, 2.24) is 9.55 Å². The van der Waals surface area contributed by atoms with E-state index in [1.165, 1.54) is 0 Å². The highest BCUT2D eigenvalue weighted by atomic mass is 16.5. The fraction of sp³-hybridized carbons (Fsp3) is 0.316. The molecule has 3 N–H and O–H groups in total. The molecular formula is C19H21N3O3. The minimum atomic E-state index is -0.142. The number of benzene rings is 2. The average molecular weight is 339 g/mol. The minimum absolute atomic E-state index is 0.0369. The number of nitrogens with zero attached hydrogens (tertiary/aromatic N) is 2. The van der Waals surface area contributed by atoms with Gasteiger partial charge in [0.1, 0.15) is 12.0 Å². The lowest BCUT2D eigenvalue weighted by Gasteiger charge is -2.18. The Balaban J connectivity index is 1.64. The van der Waals surface area contributed by atoms with E-state index in [2.05, 4.69) is 9.88 Å². The van der Waals surface area contributed by atoms with Gasteiger partial charge in [0.25, 0.3) is 0 Å². The second-order valence-corrected chi connectivity index (χ2v) is 6.29. The average Bonchev–Trinajstić information content (AvgIpc) is 3.23. The maximum absolute atomic E-state index is 9.62. The first-order valence-electron chi connectivity index (χ1n) is 8.49. The Kier molecular flexibility index (Phi) is 4.29. The molecule has 130 valence electrons. The molecule has 1 aliphatic heterocycles. The lowest BCUT2D eigenvalue weighted by molar-refractivity contribution is -0.0195. The van der Waals surface area contributed by atoms with Gasteiger partial charge >= 0.3 is 0 Å². The zero-order valence-corrected chi connectivity index (χ0v) is 13.8. The van der Waals surface area contributed by atoms with E-state index in [-0.39, 0.29) is 24.7 Å². The van der Waals surface area contributed by atoms with Crippen molar-refractivity contribution in [3.05, 3.63) is 54.1 Å². The van der Waals surface area contributed by atoms with Crippen LogP contribution in [0.2, 0.25) is 0 Å². The Bertz CT molecular complexity index is 877. The van der Waals surface area contributed by atoms with Crippen molar-refractivity contribution >= 4 is 17.0 Å². The number of aromatic nitrogens is 2. The maximum atomic E-state index is 9.62. The smallest absolute Gasteiger partial charge is 0.206 e. The Labute approximate surface area is 145 Å². The third-order valence-corrected chi connectivity index (χ3v) is 4.53. The van der Waals surface area contributed by atoms with Crippen LogP contribution in [0.4, 0.5) is 5.95 Å². The summed E-state index contributed by atoms with van der Waals surface area (Å²) in [6.07, 6.45) is 1.41. The van der Waals surface area contributed by atoms with Crippen molar-refractivity contribution in [2.24, 2.45) is 0 Å². The molecule has 25 heavy (non-hydrogen) atoms. The van der Waals surface area contributed by atoms with E-state index >= 15 is 0 Å². The van der Waals surface area contributed by atoms with Crippen LogP contribution in [0.1, 0.15) is 24.6 Å². The first-order valence-corrected chi connectivity index (χ1v) is 8.49. The molecule has 2 heterocycles. The predicted octanol–water partition coefficient (Wildman–Crippen LogP) is 3.02. The Morgan fingerprint density at radius 1 is 1.16 bits per heavy atom. The number of anilines is 1. The van der Waals surface area contributed by atoms with Crippen molar-refractivity contribution in [3.8, 4) is 5.75 Å². The van der Waals surface area contributed by atoms with Gasteiger partial charge in [-0.25, -0.2) is 4.98 Å². The fourth-order valence-corrected chi connectivity index (χ4v) is 3.32. The van der Waals surface area contributed by atoms with E-state index in [9.17, 15) is 10.2 Å². The van der Waals surface area contributed by atoms with Crippen LogP contribution in [0.15, 0.2) is 48.5 Å². The number of imidazole rings is 1. The summed E-state index contributed by atoms with van der Waals surface area (Å²) >= 11 is 0. The Morgan fingerprint density at radius 3 is 2.84 bits per heavy atom. The summed E-state index contributed by atoms with van der Waals surface area (Å²) in [4.78, 5) is 4.69. The van der Waals surface area contributed by atoms with Crippen LogP contribution >= 0.6 is 0 Å². The summed E-state index contributed by atoms with van der Waals surface area (Å²) in [6, 6.07) is 15.1. The minimum Gasteiger partial charge on any atom is -0.508 e. The molecule has 1 fully saturated rings. The van der Waals surface area contributed by atoms with E-state index in [0.717, 1.165) is 35.4 Å². The van der Waals surface area contributed by atoms with Crippen LogP contribution in [0.25, 0.3) is 11.0 Å². The van der Waals surface area contributed by atoms with Gasteiger partial charge in [-0.15, -0.1) is 0 Å². The standard InChI is InChI=1S/C19H21N3O3/c23-12-15-8-9-18(25-15)22-17-7-2-1-6-16(17)21-19(22)20-11-13-4-3-5-14(24)10-13/h1-7,10,15,18,23-24H,8-9,11-12H2,(H,20,21)/t15-,18+/m0/s1. The molecule has 0 aliphatic carbocycles. The summed E-state index contributed by atoms with van der Waals surface area (Å²) in [7, 11) is 0. The van der Waals surface area contributed by atoms with Gasteiger partial charge in [-0.2, -0.15) is 0 Å². The number of phenolic OH excluding ortho intramolecular Hbond substituents is 1.